The molecule has 10 heteroatoms. The molecular weight excluding hydrogens is 461 g/mol. The quantitative estimate of drug-likeness (QED) is 0.440. The molecule has 0 aliphatic carbocycles. The standard InChI is InChI=1S/C26H36BN3O6/c1-24(2,3)34-23(31)30-14-17(15-30)20-11-12-21(29-28-20)19-10-9-18(13-22(19)33-16-32-8)27-35-25(4,5)26(6,7)36-27/h9-13,17H,14-16H2,1-8H3. The van der Waals surface area contributed by atoms with Gasteiger partial charge in [0.15, 0.2) is 6.79 Å². The maximum atomic E-state index is 12.2. The van der Waals surface area contributed by atoms with E-state index in [1.54, 1.807) is 12.0 Å². The minimum atomic E-state index is -0.510. The van der Waals surface area contributed by atoms with Crippen LogP contribution in [-0.2, 0) is 18.8 Å². The second-order valence-electron chi connectivity index (χ2n) is 11.3. The van der Waals surface area contributed by atoms with Crippen LogP contribution >= 0.6 is 0 Å². The van der Waals surface area contributed by atoms with Crippen molar-refractivity contribution >= 4 is 18.7 Å². The fourth-order valence-electron chi connectivity index (χ4n) is 3.96. The predicted molar refractivity (Wildman–Crippen MR) is 136 cm³/mol. The van der Waals surface area contributed by atoms with Gasteiger partial charge in [-0.2, -0.15) is 10.2 Å². The van der Waals surface area contributed by atoms with E-state index in [-0.39, 0.29) is 18.8 Å². The summed E-state index contributed by atoms with van der Waals surface area (Å²) in [5, 5.41) is 8.90. The van der Waals surface area contributed by atoms with Crippen molar-refractivity contribution in [2.45, 2.75) is 71.2 Å². The number of likely N-dealkylation sites (tertiary alicyclic amines) is 1. The van der Waals surface area contributed by atoms with Crippen molar-refractivity contribution in [1.29, 1.82) is 0 Å². The molecule has 0 spiro atoms. The van der Waals surface area contributed by atoms with Gasteiger partial charge >= 0.3 is 13.2 Å². The molecule has 2 fully saturated rings. The average Bonchev–Trinajstić information content (AvgIpc) is 2.97. The van der Waals surface area contributed by atoms with Crippen molar-refractivity contribution in [3.8, 4) is 17.0 Å². The first-order chi connectivity index (χ1) is 16.8. The van der Waals surface area contributed by atoms with Crippen LogP contribution in [0.25, 0.3) is 11.3 Å². The molecule has 36 heavy (non-hydrogen) atoms. The number of nitrogens with zero attached hydrogens (tertiary/aromatic N) is 3. The van der Waals surface area contributed by atoms with Gasteiger partial charge in [0.25, 0.3) is 0 Å². The Morgan fingerprint density at radius 1 is 1.08 bits per heavy atom. The van der Waals surface area contributed by atoms with Gasteiger partial charge in [0.2, 0.25) is 0 Å². The maximum absolute atomic E-state index is 12.2. The Balaban J connectivity index is 1.48. The van der Waals surface area contributed by atoms with Gasteiger partial charge in [-0.25, -0.2) is 4.79 Å². The van der Waals surface area contributed by atoms with Gasteiger partial charge in [-0.1, -0.05) is 6.07 Å². The molecule has 0 radical (unpaired) electrons. The van der Waals surface area contributed by atoms with Gasteiger partial charge in [-0.05, 0) is 78.2 Å². The molecule has 0 saturated carbocycles. The highest BCUT2D eigenvalue weighted by molar-refractivity contribution is 6.62. The summed E-state index contributed by atoms with van der Waals surface area (Å²) in [5.74, 6) is 0.736. The summed E-state index contributed by atoms with van der Waals surface area (Å²) in [6.45, 7) is 14.9. The topological polar surface area (TPSA) is 92.2 Å². The molecule has 2 aromatic rings. The fraction of sp³-hybridized carbons (Fsp3) is 0.577. The van der Waals surface area contributed by atoms with E-state index in [2.05, 4.69) is 10.2 Å². The SMILES string of the molecule is COCOc1cc(B2OC(C)(C)C(C)(C)O2)ccc1-c1ccc(C2CN(C(=O)OC(C)(C)C)C2)nn1. The smallest absolute Gasteiger partial charge is 0.467 e. The van der Waals surface area contributed by atoms with Gasteiger partial charge in [-0.3, -0.25) is 0 Å². The van der Waals surface area contributed by atoms with E-state index in [4.69, 9.17) is 23.5 Å². The summed E-state index contributed by atoms with van der Waals surface area (Å²) in [4.78, 5) is 13.9. The van der Waals surface area contributed by atoms with Crippen LogP contribution in [0.15, 0.2) is 30.3 Å². The van der Waals surface area contributed by atoms with Gasteiger partial charge in [0.1, 0.15) is 11.4 Å². The second kappa shape index (κ2) is 9.65. The first-order valence-corrected chi connectivity index (χ1v) is 12.2. The van der Waals surface area contributed by atoms with E-state index in [1.807, 2.05) is 78.8 Å². The molecule has 2 aliphatic heterocycles. The molecular formula is C26H36BN3O6. The molecule has 4 rings (SSSR count). The minimum Gasteiger partial charge on any atom is -0.467 e. The van der Waals surface area contributed by atoms with Crippen LogP contribution in [0.1, 0.15) is 60.1 Å². The lowest BCUT2D eigenvalue weighted by atomic mass is 9.78. The summed E-state index contributed by atoms with van der Waals surface area (Å²) >= 11 is 0. The number of carbonyl (C=O) groups excluding carboxylic acids is 1. The summed E-state index contributed by atoms with van der Waals surface area (Å²) in [6.07, 6.45) is -0.301. The molecule has 1 aromatic carbocycles. The molecule has 9 nitrogen and oxygen atoms in total. The third kappa shape index (κ3) is 5.50. The lowest BCUT2D eigenvalue weighted by Crippen LogP contribution is -2.50. The molecule has 0 N–H and O–H groups in total. The molecule has 0 unspecified atom stereocenters. The Morgan fingerprint density at radius 2 is 1.75 bits per heavy atom. The summed E-state index contributed by atoms with van der Waals surface area (Å²) in [7, 11) is 1.07. The average molecular weight is 497 g/mol. The van der Waals surface area contributed by atoms with Crippen LogP contribution in [0, 0.1) is 0 Å². The van der Waals surface area contributed by atoms with Crippen LogP contribution in [0.2, 0.25) is 0 Å². The number of carbonyl (C=O) groups is 1. The zero-order chi connectivity index (χ0) is 26.3. The Kier molecular flexibility index (Phi) is 7.07. The van der Waals surface area contributed by atoms with Crippen LogP contribution in [0.5, 0.6) is 5.75 Å². The molecule has 3 heterocycles. The highest BCUT2D eigenvalue weighted by atomic mass is 16.7. The van der Waals surface area contributed by atoms with Crippen LogP contribution in [0.4, 0.5) is 4.79 Å². The largest absolute Gasteiger partial charge is 0.494 e. The van der Waals surface area contributed by atoms with Crippen LogP contribution < -0.4 is 10.2 Å². The number of amides is 1. The Morgan fingerprint density at radius 3 is 2.31 bits per heavy atom. The van der Waals surface area contributed by atoms with Crippen molar-refractivity contribution < 1.29 is 28.3 Å². The highest BCUT2D eigenvalue weighted by Gasteiger charge is 2.51. The van der Waals surface area contributed by atoms with Gasteiger partial charge in [0, 0.05) is 31.7 Å². The van der Waals surface area contributed by atoms with E-state index < -0.39 is 23.9 Å². The van der Waals surface area contributed by atoms with E-state index in [0.717, 1.165) is 16.7 Å². The number of benzene rings is 1. The van der Waals surface area contributed by atoms with Gasteiger partial charge < -0.3 is 28.4 Å². The first kappa shape index (κ1) is 26.4. The molecule has 1 aromatic heterocycles. The zero-order valence-corrected chi connectivity index (χ0v) is 22.5. The summed E-state index contributed by atoms with van der Waals surface area (Å²) in [6, 6.07) is 9.65. The molecule has 2 saturated heterocycles. The Bertz CT molecular complexity index is 1080. The molecule has 2 aliphatic rings. The van der Waals surface area contributed by atoms with Crippen molar-refractivity contribution in [2.24, 2.45) is 0 Å². The predicted octanol–water partition coefficient (Wildman–Crippen LogP) is 3.76. The second-order valence-corrected chi connectivity index (χ2v) is 11.3. The van der Waals surface area contributed by atoms with Gasteiger partial charge in [-0.15, -0.1) is 0 Å². The number of hydrogen-bond donors (Lipinski definition) is 0. The lowest BCUT2D eigenvalue weighted by Gasteiger charge is -2.39. The van der Waals surface area contributed by atoms with Crippen LogP contribution in [0.3, 0.4) is 0 Å². The van der Waals surface area contributed by atoms with Crippen molar-refractivity contribution in [2.75, 3.05) is 27.0 Å². The van der Waals surface area contributed by atoms with Crippen LogP contribution in [-0.4, -0.2) is 72.1 Å². The van der Waals surface area contributed by atoms with E-state index >= 15 is 0 Å². The lowest BCUT2D eigenvalue weighted by molar-refractivity contribution is 0.00578. The van der Waals surface area contributed by atoms with Crippen molar-refractivity contribution in [3.63, 3.8) is 0 Å². The fourth-order valence-corrected chi connectivity index (χ4v) is 3.96. The number of ether oxygens (including phenoxy) is 3. The van der Waals surface area contributed by atoms with E-state index in [9.17, 15) is 4.79 Å². The number of methoxy groups -OCH3 is 1. The van der Waals surface area contributed by atoms with Crippen molar-refractivity contribution in [1.82, 2.24) is 15.1 Å². The summed E-state index contributed by atoms with van der Waals surface area (Å²) in [5.41, 5.74) is 1.77. The Labute approximate surface area is 213 Å². The number of aromatic nitrogens is 2. The molecule has 194 valence electrons. The third-order valence-corrected chi connectivity index (χ3v) is 6.78. The van der Waals surface area contributed by atoms with E-state index in [1.165, 1.54) is 0 Å². The maximum Gasteiger partial charge on any atom is 0.494 e. The first-order valence-electron chi connectivity index (χ1n) is 12.2. The van der Waals surface area contributed by atoms with Crippen molar-refractivity contribution in [3.05, 3.63) is 36.0 Å². The molecule has 0 bridgehead atoms. The normalized spacial score (nSPS) is 19.2. The summed E-state index contributed by atoms with van der Waals surface area (Å²) < 4.78 is 28.8. The molecule has 1 amide bonds. The zero-order valence-electron chi connectivity index (χ0n) is 22.5. The Hall–Kier alpha value is -2.69. The van der Waals surface area contributed by atoms with E-state index in [0.29, 0.717) is 24.5 Å². The minimum absolute atomic E-state index is 0.0912. The highest BCUT2D eigenvalue weighted by Crippen LogP contribution is 2.37. The van der Waals surface area contributed by atoms with Gasteiger partial charge in [0.05, 0.1) is 22.6 Å². The number of rotatable bonds is 6. The third-order valence-electron chi connectivity index (χ3n) is 6.78. The number of hydrogen-bond acceptors (Lipinski definition) is 8. The molecule has 0 atom stereocenters. The monoisotopic (exact) mass is 497 g/mol.